The van der Waals surface area contributed by atoms with Gasteiger partial charge in [0.2, 0.25) is 10.0 Å². The fourth-order valence-corrected chi connectivity index (χ4v) is 3.99. The van der Waals surface area contributed by atoms with E-state index in [2.05, 4.69) is 10.0 Å². The summed E-state index contributed by atoms with van der Waals surface area (Å²) in [6.45, 7) is 1.73. The van der Waals surface area contributed by atoms with Crippen molar-refractivity contribution in [2.24, 2.45) is 5.92 Å². The Kier molecular flexibility index (Phi) is 5.12. The maximum absolute atomic E-state index is 12.1. The van der Waals surface area contributed by atoms with E-state index < -0.39 is 10.0 Å². The number of piperidine rings is 1. The van der Waals surface area contributed by atoms with Gasteiger partial charge in [0.25, 0.3) is 0 Å². The van der Waals surface area contributed by atoms with E-state index in [0.29, 0.717) is 16.5 Å². The van der Waals surface area contributed by atoms with Crippen LogP contribution < -0.4 is 14.8 Å². The summed E-state index contributed by atoms with van der Waals surface area (Å²) in [7, 11) is -1.87. The van der Waals surface area contributed by atoms with Crippen LogP contribution in [-0.4, -0.2) is 34.4 Å². The molecular formula is C13H19ClN2O3S. The zero-order valence-corrected chi connectivity index (χ0v) is 12.9. The number of methoxy groups -OCH3 is 1. The summed E-state index contributed by atoms with van der Waals surface area (Å²) in [6, 6.07) is 4.82. The average molecular weight is 319 g/mol. The Labute approximate surface area is 124 Å². The van der Waals surface area contributed by atoms with Crippen molar-refractivity contribution in [3.63, 3.8) is 0 Å². The van der Waals surface area contributed by atoms with Crippen LogP contribution in [-0.2, 0) is 10.0 Å². The first-order chi connectivity index (χ1) is 9.50. The van der Waals surface area contributed by atoms with E-state index in [1.807, 2.05) is 0 Å². The number of nitrogens with one attached hydrogen (secondary N) is 2. The fraction of sp³-hybridized carbons (Fsp3) is 0.538. The standard InChI is InChI=1S/C13H19ClN2O3S/c1-19-13-7-11(4-5-12(13)14)16-20(17,18)9-10-3-2-6-15-8-10/h4-5,7,10,15-16H,2-3,6,8-9H2,1H3. The molecule has 0 aromatic heterocycles. The van der Waals surface area contributed by atoms with Crippen molar-refractivity contribution in [1.82, 2.24) is 5.32 Å². The van der Waals surface area contributed by atoms with Gasteiger partial charge in [-0.05, 0) is 44.0 Å². The third-order valence-electron chi connectivity index (χ3n) is 3.28. The summed E-state index contributed by atoms with van der Waals surface area (Å²) < 4.78 is 31.9. The molecule has 1 unspecified atom stereocenters. The maximum atomic E-state index is 12.1. The molecule has 1 fully saturated rings. The second-order valence-corrected chi connectivity index (χ2v) is 7.12. The van der Waals surface area contributed by atoms with Crippen LogP contribution in [0.1, 0.15) is 12.8 Å². The van der Waals surface area contributed by atoms with Gasteiger partial charge in [-0.1, -0.05) is 11.6 Å². The molecule has 1 aliphatic heterocycles. The van der Waals surface area contributed by atoms with Crippen LogP contribution in [0.4, 0.5) is 5.69 Å². The summed E-state index contributed by atoms with van der Waals surface area (Å²) in [5, 5.41) is 3.67. The first-order valence-corrected chi connectivity index (χ1v) is 8.58. The van der Waals surface area contributed by atoms with Gasteiger partial charge in [0.05, 0.1) is 23.6 Å². The van der Waals surface area contributed by atoms with Crippen molar-refractivity contribution in [1.29, 1.82) is 0 Å². The lowest BCUT2D eigenvalue weighted by atomic mass is 10.0. The number of anilines is 1. The predicted octanol–water partition coefficient (Wildman–Crippen LogP) is 2.09. The van der Waals surface area contributed by atoms with Gasteiger partial charge in [0, 0.05) is 6.07 Å². The number of benzene rings is 1. The molecule has 0 amide bonds. The zero-order chi connectivity index (χ0) is 14.6. The summed E-state index contributed by atoms with van der Waals surface area (Å²) >= 11 is 5.91. The lowest BCUT2D eigenvalue weighted by molar-refractivity contribution is 0.404. The van der Waals surface area contributed by atoms with Gasteiger partial charge in [-0.15, -0.1) is 0 Å². The van der Waals surface area contributed by atoms with Gasteiger partial charge in [0.15, 0.2) is 0 Å². The van der Waals surface area contributed by atoms with Crippen LogP contribution in [0.3, 0.4) is 0 Å². The number of hydrogen-bond donors (Lipinski definition) is 2. The molecule has 0 aliphatic carbocycles. The minimum Gasteiger partial charge on any atom is -0.495 e. The van der Waals surface area contributed by atoms with Crippen molar-refractivity contribution < 1.29 is 13.2 Å². The third kappa shape index (κ3) is 4.26. The van der Waals surface area contributed by atoms with Crippen LogP contribution >= 0.6 is 11.6 Å². The third-order valence-corrected chi connectivity index (χ3v) is 5.05. The highest BCUT2D eigenvalue weighted by molar-refractivity contribution is 7.92. The van der Waals surface area contributed by atoms with Crippen LogP contribution in [0.15, 0.2) is 18.2 Å². The van der Waals surface area contributed by atoms with E-state index in [1.165, 1.54) is 7.11 Å². The molecule has 1 saturated heterocycles. The molecule has 0 spiro atoms. The summed E-state index contributed by atoms with van der Waals surface area (Å²) in [5.74, 6) is 0.743. The average Bonchev–Trinajstić information content (AvgIpc) is 2.41. The molecule has 7 heteroatoms. The number of halogens is 1. The minimum atomic E-state index is -3.36. The van der Waals surface area contributed by atoms with E-state index >= 15 is 0 Å². The van der Waals surface area contributed by atoms with Crippen molar-refractivity contribution in [2.45, 2.75) is 12.8 Å². The number of hydrogen-bond acceptors (Lipinski definition) is 4. The van der Waals surface area contributed by atoms with Crippen molar-refractivity contribution in [2.75, 3.05) is 30.7 Å². The van der Waals surface area contributed by atoms with Crippen molar-refractivity contribution in [3.05, 3.63) is 23.2 Å². The van der Waals surface area contributed by atoms with Gasteiger partial charge >= 0.3 is 0 Å². The van der Waals surface area contributed by atoms with E-state index in [0.717, 1.165) is 25.9 Å². The lowest BCUT2D eigenvalue weighted by Gasteiger charge is -2.22. The van der Waals surface area contributed by atoms with Crippen molar-refractivity contribution in [3.8, 4) is 5.75 Å². The smallest absolute Gasteiger partial charge is 0.233 e. The summed E-state index contributed by atoms with van der Waals surface area (Å²) in [6.07, 6.45) is 1.97. The van der Waals surface area contributed by atoms with Gasteiger partial charge in [0.1, 0.15) is 5.75 Å². The molecule has 5 nitrogen and oxygen atoms in total. The highest BCUT2D eigenvalue weighted by Crippen LogP contribution is 2.28. The predicted molar refractivity (Wildman–Crippen MR) is 81.0 cm³/mol. The highest BCUT2D eigenvalue weighted by atomic mass is 35.5. The van der Waals surface area contributed by atoms with Gasteiger partial charge in [-0.2, -0.15) is 0 Å². The van der Waals surface area contributed by atoms with E-state index in [1.54, 1.807) is 18.2 Å². The Morgan fingerprint density at radius 3 is 2.95 bits per heavy atom. The molecule has 2 rings (SSSR count). The lowest BCUT2D eigenvalue weighted by Crippen LogP contribution is -2.35. The van der Waals surface area contributed by atoms with Gasteiger partial charge in [-0.3, -0.25) is 4.72 Å². The number of ether oxygens (including phenoxy) is 1. The van der Waals surface area contributed by atoms with E-state index in [4.69, 9.17) is 16.3 Å². The largest absolute Gasteiger partial charge is 0.495 e. The summed E-state index contributed by atoms with van der Waals surface area (Å²) in [5.41, 5.74) is 0.468. The van der Waals surface area contributed by atoms with E-state index in [-0.39, 0.29) is 11.7 Å². The molecule has 20 heavy (non-hydrogen) atoms. The first kappa shape index (κ1) is 15.4. The van der Waals surface area contributed by atoms with Crippen LogP contribution in [0.5, 0.6) is 5.75 Å². The van der Waals surface area contributed by atoms with Gasteiger partial charge in [-0.25, -0.2) is 8.42 Å². The highest BCUT2D eigenvalue weighted by Gasteiger charge is 2.21. The molecule has 1 aliphatic rings. The molecule has 112 valence electrons. The van der Waals surface area contributed by atoms with Gasteiger partial charge < -0.3 is 10.1 Å². The Morgan fingerprint density at radius 2 is 2.30 bits per heavy atom. The number of sulfonamides is 1. The number of rotatable bonds is 5. The first-order valence-electron chi connectivity index (χ1n) is 6.55. The normalized spacial score (nSPS) is 19.6. The molecule has 1 aromatic rings. The maximum Gasteiger partial charge on any atom is 0.233 e. The Balaban J connectivity index is 2.03. The van der Waals surface area contributed by atoms with E-state index in [9.17, 15) is 8.42 Å². The Bertz CT molecular complexity index is 557. The molecule has 1 atom stereocenters. The van der Waals surface area contributed by atoms with Crippen LogP contribution in [0.2, 0.25) is 5.02 Å². The quantitative estimate of drug-likeness (QED) is 0.872. The molecular weight excluding hydrogens is 300 g/mol. The molecule has 2 N–H and O–H groups in total. The van der Waals surface area contributed by atoms with Crippen LogP contribution in [0.25, 0.3) is 0 Å². The second-order valence-electron chi connectivity index (χ2n) is 4.95. The Hall–Kier alpha value is -0.980. The molecule has 0 saturated carbocycles. The van der Waals surface area contributed by atoms with Crippen molar-refractivity contribution >= 4 is 27.3 Å². The second kappa shape index (κ2) is 6.65. The molecule has 1 heterocycles. The molecule has 0 radical (unpaired) electrons. The monoisotopic (exact) mass is 318 g/mol. The SMILES string of the molecule is COc1cc(NS(=O)(=O)CC2CCCNC2)ccc1Cl. The summed E-state index contributed by atoms with van der Waals surface area (Å²) in [4.78, 5) is 0. The van der Waals surface area contributed by atoms with Crippen LogP contribution in [0, 0.1) is 5.92 Å². The molecule has 1 aromatic carbocycles. The fourth-order valence-electron chi connectivity index (χ4n) is 2.32. The topological polar surface area (TPSA) is 67.4 Å². The minimum absolute atomic E-state index is 0.130. The zero-order valence-electron chi connectivity index (χ0n) is 11.4. The molecule has 0 bridgehead atoms. The Morgan fingerprint density at radius 1 is 1.50 bits per heavy atom.